The highest BCUT2D eigenvalue weighted by Crippen LogP contribution is 2.20. The quantitative estimate of drug-likeness (QED) is 0.564. The maximum Gasteiger partial charge on any atom is 0.351 e. The molecule has 134 valence electrons. The van der Waals surface area contributed by atoms with E-state index in [4.69, 9.17) is 19.9 Å². The number of unbranched alkanes of at least 4 members (excludes halogenated alkanes) is 1. The number of nitrogens with zero attached hydrogens (tertiary/aromatic N) is 2. The fraction of sp³-hybridized carbons (Fsp3) is 0.688. The van der Waals surface area contributed by atoms with Gasteiger partial charge in [-0.2, -0.15) is 4.98 Å². The van der Waals surface area contributed by atoms with Crippen LogP contribution in [0.4, 0.5) is 5.82 Å². The first-order chi connectivity index (χ1) is 11.5. The van der Waals surface area contributed by atoms with Gasteiger partial charge in [-0.15, -0.1) is 0 Å². The zero-order chi connectivity index (χ0) is 17.5. The van der Waals surface area contributed by atoms with Crippen LogP contribution in [0.15, 0.2) is 17.1 Å². The molecule has 2 rings (SSSR count). The lowest BCUT2D eigenvalue weighted by Gasteiger charge is -2.13. The average Bonchev–Trinajstić information content (AvgIpc) is 2.98. The van der Waals surface area contributed by atoms with E-state index in [9.17, 15) is 9.59 Å². The molecule has 2 N–H and O–H groups in total. The summed E-state index contributed by atoms with van der Waals surface area (Å²) in [5.74, 6) is 0.531. The Labute approximate surface area is 140 Å². The van der Waals surface area contributed by atoms with E-state index in [0.717, 1.165) is 19.3 Å². The Bertz CT molecular complexity index is 602. The Balaban J connectivity index is 1.70. The molecule has 1 aliphatic rings. The molecule has 8 nitrogen and oxygen atoms in total. The summed E-state index contributed by atoms with van der Waals surface area (Å²) in [6.07, 6.45) is 3.55. The summed E-state index contributed by atoms with van der Waals surface area (Å²) in [6, 6.07) is 1.51. The number of carbonyl (C=O) groups excluding carboxylic acids is 1. The summed E-state index contributed by atoms with van der Waals surface area (Å²) >= 11 is 0. The molecule has 24 heavy (non-hydrogen) atoms. The molecule has 0 radical (unpaired) electrons. The Hall–Kier alpha value is -1.93. The minimum absolute atomic E-state index is 0.0106. The van der Waals surface area contributed by atoms with Crippen LogP contribution in [0, 0.1) is 5.92 Å². The van der Waals surface area contributed by atoms with Crippen LogP contribution in [0.25, 0.3) is 0 Å². The highest BCUT2D eigenvalue weighted by molar-refractivity contribution is 5.69. The number of anilines is 1. The summed E-state index contributed by atoms with van der Waals surface area (Å²) in [4.78, 5) is 27.1. The molecule has 0 unspecified atom stereocenters. The van der Waals surface area contributed by atoms with E-state index in [0.29, 0.717) is 12.3 Å². The number of nitrogen functional groups attached to an aromatic ring is 1. The van der Waals surface area contributed by atoms with Gasteiger partial charge >= 0.3 is 11.7 Å². The minimum atomic E-state index is -0.681. The molecule has 0 saturated carbocycles. The van der Waals surface area contributed by atoms with Crippen molar-refractivity contribution in [2.24, 2.45) is 5.92 Å². The van der Waals surface area contributed by atoms with Crippen molar-refractivity contribution < 1.29 is 19.0 Å². The lowest BCUT2D eigenvalue weighted by molar-refractivity contribution is -0.159. The zero-order valence-corrected chi connectivity index (χ0v) is 14.1. The predicted molar refractivity (Wildman–Crippen MR) is 87.0 cm³/mol. The van der Waals surface area contributed by atoms with Gasteiger partial charge in [-0.3, -0.25) is 9.36 Å². The predicted octanol–water partition coefficient (Wildman–Crippen LogP) is 1.46. The van der Waals surface area contributed by atoms with E-state index < -0.39 is 18.2 Å². The van der Waals surface area contributed by atoms with Crippen molar-refractivity contribution in [3.63, 3.8) is 0 Å². The summed E-state index contributed by atoms with van der Waals surface area (Å²) in [5.41, 5.74) is 4.94. The maximum atomic E-state index is 11.7. The molecule has 1 aliphatic heterocycles. The molecule has 1 aromatic heterocycles. The van der Waals surface area contributed by atoms with Crippen LogP contribution < -0.4 is 11.4 Å². The molecular weight excluding hydrogens is 314 g/mol. The van der Waals surface area contributed by atoms with E-state index in [2.05, 4.69) is 18.8 Å². The highest BCUT2D eigenvalue weighted by atomic mass is 16.7. The molecule has 0 aromatic carbocycles. The first-order valence-electron chi connectivity index (χ1n) is 8.23. The number of hydrogen-bond donors (Lipinski definition) is 1. The Morgan fingerprint density at radius 1 is 1.50 bits per heavy atom. The monoisotopic (exact) mass is 339 g/mol. The second-order valence-electron chi connectivity index (χ2n) is 6.22. The van der Waals surface area contributed by atoms with Crippen molar-refractivity contribution >= 4 is 11.8 Å². The molecule has 0 spiro atoms. The Morgan fingerprint density at radius 2 is 2.29 bits per heavy atom. The number of nitrogens with two attached hydrogens (primary N) is 1. The van der Waals surface area contributed by atoms with Gasteiger partial charge in [0.15, 0.2) is 12.5 Å². The largest absolute Gasteiger partial charge is 0.460 e. The lowest BCUT2D eigenvalue weighted by Crippen LogP contribution is -2.29. The van der Waals surface area contributed by atoms with Crippen molar-refractivity contribution in [3.05, 3.63) is 22.7 Å². The molecule has 0 amide bonds. The molecular formula is C16H25N3O5. The molecule has 2 heterocycles. The number of esters is 1. The summed E-state index contributed by atoms with van der Waals surface area (Å²) in [5, 5.41) is 0. The van der Waals surface area contributed by atoms with Gasteiger partial charge in [0, 0.05) is 12.6 Å². The van der Waals surface area contributed by atoms with Crippen LogP contribution >= 0.6 is 0 Å². The number of carbonyl (C=O) groups is 1. The third-order valence-electron chi connectivity index (χ3n) is 3.69. The molecule has 0 aliphatic carbocycles. The second kappa shape index (κ2) is 8.79. The number of rotatable bonds is 8. The van der Waals surface area contributed by atoms with E-state index in [1.165, 1.54) is 16.8 Å². The van der Waals surface area contributed by atoms with Gasteiger partial charge < -0.3 is 19.9 Å². The molecule has 0 bridgehead atoms. The first kappa shape index (κ1) is 18.4. The smallest absolute Gasteiger partial charge is 0.351 e. The molecule has 8 heteroatoms. The summed E-state index contributed by atoms with van der Waals surface area (Å²) in [6.45, 7) is 4.51. The fourth-order valence-electron chi connectivity index (χ4n) is 2.38. The molecule has 2 atom stereocenters. The van der Waals surface area contributed by atoms with Crippen LogP contribution in [-0.2, 0) is 19.0 Å². The van der Waals surface area contributed by atoms with Crippen molar-refractivity contribution in [1.29, 1.82) is 0 Å². The standard InChI is InChI=1S/C16H25N3O5/c1-11(2)5-3-4-6-14(20)22-10-15-23-9-13(24-15)19-8-7-12(17)18-16(19)21/h7-8,11,13,15H,3-6,9-10H2,1-2H3,(H2,17,18,21)/t13-,15-/m0/s1. The van der Waals surface area contributed by atoms with Crippen LogP contribution in [-0.4, -0.2) is 35.0 Å². The average molecular weight is 339 g/mol. The minimum Gasteiger partial charge on any atom is -0.460 e. The number of ether oxygens (including phenoxy) is 3. The van der Waals surface area contributed by atoms with Gasteiger partial charge in [0.05, 0.1) is 6.61 Å². The molecule has 1 saturated heterocycles. The van der Waals surface area contributed by atoms with E-state index >= 15 is 0 Å². The van der Waals surface area contributed by atoms with Gasteiger partial charge in [0.25, 0.3) is 0 Å². The van der Waals surface area contributed by atoms with Gasteiger partial charge in [-0.05, 0) is 18.4 Å². The molecule has 1 aromatic rings. The highest BCUT2D eigenvalue weighted by Gasteiger charge is 2.29. The van der Waals surface area contributed by atoms with Crippen molar-refractivity contribution in [1.82, 2.24) is 9.55 Å². The Morgan fingerprint density at radius 3 is 3.00 bits per heavy atom. The summed E-state index contributed by atoms with van der Waals surface area (Å²) < 4.78 is 17.4. The van der Waals surface area contributed by atoms with E-state index in [1.54, 1.807) is 0 Å². The van der Waals surface area contributed by atoms with Crippen molar-refractivity contribution in [3.8, 4) is 0 Å². The van der Waals surface area contributed by atoms with Gasteiger partial charge in [-0.1, -0.05) is 26.7 Å². The van der Waals surface area contributed by atoms with E-state index in [-0.39, 0.29) is 25.0 Å². The normalized spacial score (nSPS) is 20.5. The van der Waals surface area contributed by atoms with Crippen molar-refractivity contribution in [2.45, 2.75) is 52.0 Å². The third-order valence-corrected chi connectivity index (χ3v) is 3.69. The second-order valence-corrected chi connectivity index (χ2v) is 6.22. The zero-order valence-electron chi connectivity index (χ0n) is 14.1. The van der Waals surface area contributed by atoms with Gasteiger partial charge in [0.2, 0.25) is 0 Å². The van der Waals surface area contributed by atoms with Gasteiger partial charge in [-0.25, -0.2) is 4.79 Å². The van der Waals surface area contributed by atoms with Crippen LogP contribution in [0.3, 0.4) is 0 Å². The molecule has 1 fully saturated rings. The Kier molecular flexibility index (Phi) is 6.74. The van der Waals surface area contributed by atoms with Gasteiger partial charge in [0.1, 0.15) is 12.4 Å². The van der Waals surface area contributed by atoms with Crippen LogP contribution in [0.2, 0.25) is 0 Å². The lowest BCUT2D eigenvalue weighted by atomic mass is 10.1. The third kappa shape index (κ3) is 5.61. The van der Waals surface area contributed by atoms with Crippen LogP contribution in [0.1, 0.15) is 45.8 Å². The number of hydrogen-bond acceptors (Lipinski definition) is 7. The maximum absolute atomic E-state index is 11.7. The van der Waals surface area contributed by atoms with Crippen molar-refractivity contribution in [2.75, 3.05) is 18.9 Å². The SMILES string of the molecule is CC(C)CCCCC(=O)OC[C@H]1OC[C@@H](n2ccc(N)nc2=O)O1. The topological polar surface area (TPSA) is 106 Å². The number of aromatic nitrogens is 2. The first-order valence-corrected chi connectivity index (χ1v) is 8.23. The van der Waals surface area contributed by atoms with E-state index in [1.807, 2.05) is 0 Å². The van der Waals surface area contributed by atoms with Crippen LogP contribution in [0.5, 0.6) is 0 Å². The summed E-state index contributed by atoms with van der Waals surface area (Å²) in [7, 11) is 0. The fourth-order valence-corrected chi connectivity index (χ4v) is 2.38.